The fourth-order valence-corrected chi connectivity index (χ4v) is 11.1. The van der Waals surface area contributed by atoms with Crippen LogP contribution >= 0.6 is 0 Å². The number of aromatic nitrogens is 2. The van der Waals surface area contributed by atoms with E-state index in [9.17, 15) is 0 Å². The topological polar surface area (TPSA) is 9.86 Å². The summed E-state index contributed by atoms with van der Waals surface area (Å²) in [6.07, 6.45) is 0. The lowest BCUT2D eigenvalue weighted by atomic mass is 9.92. The summed E-state index contributed by atoms with van der Waals surface area (Å²) in [7, 11) is 0. The van der Waals surface area contributed by atoms with Crippen LogP contribution in [0.15, 0.2) is 255 Å². The molecular weight excluding hydrogens is 821 g/mol. The summed E-state index contributed by atoms with van der Waals surface area (Å²) in [5.41, 5.74) is 16.6. The van der Waals surface area contributed by atoms with Gasteiger partial charge in [-0.1, -0.05) is 182 Å². The maximum atomic E-state index is 2.47. The van der Waals surface area contributed by atoms with E-state index in [1.807, 2.05) is 0 Å². The molecule has 0 aliphatic heterocycles. The van der Waals surface area contributed by atoms with Gasteiger partial charge in [-0.2, -0.15) is 0 Å². The molecule has 0 unspecified atom stereocenters. The standard InChI is InChI=1S/C66H42N2/c1-3-15-43(16-4-1)45-27-31-51(32-28-45)67-64-26-14-12-24-59(64)62-40-46(30-36-65(62)67)49-37-48(44-17-5-2-6-18-44)38-50(39-49)47-29-34-60-58-23-11-13-25-63(58)68(66(60)41-47)52-33-35-57-55-21-8-7-19-53(55)54-20-9-10-22-56(54)61(57)42-52/h1-42H. The summed E-state index contributed by atoms with van der Waals surface area (Å²) in [4.78, 5) is 0. The van der Waals surface area contributed by atoms with Crippen LogP contribution in [0.1, 0.15) is 0 Å². The third-order valence-corrected chi connectivity index (χ3v) is 14.3. The minimum atomic E-state index is 1.15. The molecule has 2 nitrogen and oxygen atoms in total. The van der Waals surface area contributed by atoms with E-state index in [0.29, 0.717) is 0 Å². The monoisotopic (exact) mass is 862 g/mol. The van der Waals surface area contributed by atoms with Crippen molar-refractivity contribution in [3.05, 3.63) is 255 Å². The van der Waals surface area contributed by atoms with Crippen LogP contribution in [0.3, 0.4) is 0 Å². The third kappa shape index (κ3) is 6.05. The first-order chi connectivity index (χ1) is 33.7. The van der Waals surface area contributed by atoms with E-state index < -0.39 is 0 Å². The minimum absolute atomic E-state index is 1.15. The van der Waals surface area contributed by atoms with Gasteiger partial charge in [0.05, 0.1) is 22.1 Å². The second-order valence-corrected chi connectivity index (χ2v) is 18.1. The van der Waals surface area contributed by atoms with E-state index >= 15 is 0 Å². The molecule has 0 aliphatic carbocycles. The van der Waals surface area contributed by atoms with Gasteiger partial charge >= 0.3 is 0 Å². The zero-order valence-electron chi connectivity index (χ0n) is 37.1. The summed E-state index contributed by atoms with van der Waals surface area (Å²) in [5, 5.41) is 12.6. The molecule has 0 spiro atoms. The highest BCUT2D eigenvalue weighted by molar-refractivity contribution is 6.25. The molecule has 0 fully saturated rings. The maximum absolute atomic E-state index is 2.47. The largest absolute Gasteiger partial charge is 0.309 e. The molecule has 0 amide bonds. The van der Waals surface area contributed by atoms with Crippen LogP contribution in [0.25, 0.3) is 132 Å². The third-order valence-electron chi connectivity index (χ3n) is 14.3. The highest BCUT2D eigenvalue weighted by Crippen LogP contribution is 2.42. The van der Waals surface area contributed by atoms with Crippen molar-refractivity contribution in [2.45, 2.75) is 0 Å². The molecule has 0 aliphatic rings. The number of fused-ring (bicyclic) bond motifs is 12. The quantitative estimate of drug-likeness (QED) is 0.147. The lowest BCUT2D eigenvalue weighted by Crippen LogP contribution is -1.95. The van der Waals surface area contributed by atoms with Gasteiger partial charge in [0.15, 0.2) is 0 Å². The molecule has 14 rings (SSSR count). The Morgan fingerprint density at radius 1 is 0.162 bits per heavy atom. The molecule has 0 saturated carbocycles. The zero-order valence-corrected chi connectivity index (χ0v) is 37.1. The lowest BCUT2D eigenvalue weighted by molar-refractivity contribution is 1.18. The van der Waals surface area contributed by atoms with E-state index in [1.54, 1.807) is 0 Å². The van der Waals surface area contributed by atoms with E-state index in [-0.39, 0.29) is 0 Å². The molecule has 2 aromatic heterocycles. The maximum Gasteiger partial charge on any atom is 0.0547 e. The smallest absolute Gasteiger partial charge is 0.0547 e. The van der Waals surface area contributed by atoms with Crippen molar-refractivity contribution >= 4 is 75.9 Å². The van der Waals surface area contributed by atoms with Gasteiger partial charge in [0.25, 0.3) is 0 Å². The van der Waals surface area contributed by atoms with Crippen molar-refractivity contribution in [2.75, 3.05) is 0 Å². The number of nitrogens with zero attached hydrogens (tertiary/aromatic N) is 2. The Balaban J connectivity index is 0.941. The van der Waals surface area contributed by atoms with Crippen molar-refractivity contribution in [1.82, 2.24) is 9.13 Å². The molecule has 0 atom stereocenters. The number of para-hydroxylation sites is 2. The van der Waals surface area contributed by atoms with Crippen molar-refractivity contribution in [1.29, 1.82) is 0 Å². The van der Waals surface area contributed by atoms with Gasteiger partial charge in [-0.15, -0.1) is 0 Å². The minimum Gasteiger partial charge on any atom is -0.309 e. The Morgan fingerprint density at radius 3 is 1.15 bits per heavy atom. The molecule has 0 saturated heterocycles. The van der Waals surface area contributed by atoms with E-state index in [2.05, 4.69) is 264 Å². The van der Waals surface area contributed by atoms with Crippen LogP contribution in [0, 0.1) is 0 Å². The van der Waals surface area contributed by atoms with Crippen LogP contribution < -0.4 is 0 Å². The first kappa shape index (κ1) is 38.3. The zero-order chi connectivity index (χ0) is 44.7. The Hall–Kier alpha value is -8.98. The molecule has 0 bridgehead atoms. The van der Waals surface area contributed by atoms with Crippen molar-refractivity contribution in [3.8, 4) is 55.9 Å². The predicted octanol–water partition coefficient (Wildman–Crippen LogP) is 18.0. The average molecular weight is 863 g/mol. The molecule has 316 valence electrons. The Bertz CT molecular complexity index is 4250. The van der Waals surface area contributed by atoms with Crippen LogP contribution in [0.2, 0.25) is 0 Å². The van der Waals surface area contributed by atoms with Crippen LogP contribution in [-0.4, -0.2) is 9.13 Å². The summed E-state index contributed by atoms with van der Waals surface area (Å²) in [5.74, 6) is 0. The molecule has 68 heavy (non-hydrogen) atoms. The molecule has 12 aromatic carbocycles. The molecule has 14 aromatic rings. The summed E-state index contributed by atoms with van der Waals surface area (Å²) >= 11 is 0. The Morgan fingerprint density at radius 2 is 0.529 bits per heavy atom. The number of hydrogen-bond donors (Lipinski definition) is 0. The van der Waals surface area contributed by atoms with Gasteiger partial charge in [0, 0.05) is 32.9 Å². The summed E-state index contributed by atoms with van der Waals surface area (Å²) in [6.45, 7) is 0. The fourth-order valence-electron chi connectivity index (χ4n) is 11.1. The van der Waals surface area contributed by atoms with Gasteiger partial charge in [0.2, 0.25) is 0 Å². The summed E-state index contributed by atoms with van der Waals surface area (Å²) in [6, 6.07) is 93.9. The van der Waals surface area contributed by atoms with Crippen molar-refractivity contribution in [3.63, 3.8) is 0 Å². The first-order valence-corrected chi connectivity index (χ1v) is 23.5. The molecule has 0 N–H and O–H groups in total. The van der Waals surface area contributed by atoms with Crippen molar-refractivity contribution in [2.24, 2.45) is 0 Å². The number of rotatable bonds is 6. The molecular formula is C66H42N2. The second kappa shape index (κ2) is 15.3. The average Bonchev–Trinajstić information content (AvgIpc) is 3.93. The van der Waals surface area contributed by atoms with Crippen LogP contribution in [0.5, 0.6) is 0 Å². The summed E-state index contributed by atoms with van der Waals surface area (Å²) < 4.78 is 4.88. The highest BCUT2D eigenvalue weighted by atomic mass is 15.0. The molecule has 0 radical (unpaired) electrons. The number of hydrogen-bond acceptors (Lipinski definition) is 0. The molecule has 2 heterocycles. The van der Waals surface area contributed by atoms with Gasteiger partial charge < -0.3 is 9.13 Å². The van der Waals surface area contributed by atoms with Gasteiger partial charge in [-0.05, 0) is 150 Å². The lowest BCUT2D eigenvalue weighted by Gasteiger charge is -2.15. The SMILES string of the molecule is c1ccc(-c2ccc(-n3c4ccccc4c4cc(-c5cc(-c6ccccc6)cc(-c6ccc7c8ccccc8n(-c8ccc9c%10ccccc%10c%10ccccc%10c9c8)c7c6)c5)ccc43)cc2)cc1. The van der Waals surface area contributed by atoms with E-state index in [0.717, 1.165) is 11.4 Å². The number of benzene rings is 12. The normalized spacial score (nSPS) is 11.8. The second-order valence-electron chi connectivity index (χ2n) is 18.1. The van der Waals surface area contributed by atoms with Crippen LogP contribution in [-0.2, 0) is 0 Å². The fraction of sp³-hybridized carbons (Fsp3) is 0. The van der Waals surface area contributed by atoms with Crippen LogP contribution in [0.4, 0.5) is 0 Å². The van der Waals surface area contributed by atoms with Gasteiger partial charge in [-0.25, -0.2) is 0 Å². The molecule has 2 heteroatoms. The van der Waals surface area contributed by atoms with Gasteiger partial charge in [-0.3, -0.25) is 0 Å². The van der Waals surface area contributed by atoms with E-state index in [4.69, 9.17) is 0 Å². The Kier molecular flexibility index (Phi) is 8.62. The van der Waals surface area contributed by atoms with E-state index in [1.165, 1.54) is 120 Å². The van der Waals surface area contributed by atoms with Crippen molar-refractivity contribution < 1.29 is 0 Å². The first-order valence-electron chi connectivity index (χ1n) is 23.5. The van der Waals surface area contributed by atoms with Gasteiger partial charge in [0.1, 0.15) is 0 Å². The highest BCUT2D eigenvalue weighted by Gasteiger charge is 2.18. The Labute approximate surface area is 393 Å². The predicted molar refractivity (Wildman–Crippen MR) is 289 cm³/mol.